The lowest BCUT2D eigenvalue weighted by molar-refractivity contribution is 0.0794. The van der Waals surface area contributed by atoms with Crippen LogP contribution in [0.25, 0.3) is 0 Å². The van der Waals surface area contributed by atoms with Crippen LogP contribution in [0.1, 0.15) is 16.1 Å². The van der Waals surface area contributed by atoms with Gasteiger partial charge in [-0.2, -0.15) is 0 Å². The Balaban J connectivity index is 2.05. The lowest BCUT2D eigenvalue weighted by Gasteiger charge is -2.09. The molecule has 0 fully saturated rings. The van der Waals surface area contributed by atoms with Crippen LogP contribution in [0.2, 0.25) is 0 Å². The van der Waals surface area contributed by atoms with Gasteiger partial charge in [-0.1, -0.05) is 6.07 Å². The Labute approximate surface area is 133 Å². The SMILES string of the molecule is O=C(NCc1cccc(OCC(F)F)n1)c1c(F)ccc(F)c1F. The number of nitrogens with one attached hydrogen (secondary N) is 1. The zero-order valence-corrected chi connectivity index (χ0v) is 12.0. The van der Waals surface area contributed by atoms with Crippen molar-refractivity contribution in [2.45, 2.75) is 13.0 Å². The summed E-state index contributed by atoms with van der Waals surface area (Å²) in [4.78, 5) is 15.6. The van der Waals surface area contributed by atoms with E-state index in [0.29, 0.717) is 12.1 Å². The molecular formula is C15H11F5N2O2. The van der Waals surface area contributed by atoms with E-state index >= 15 is 0 Å². The van der Waals surface area contributed by atoms with E-state index in [1.165, 1.54) is 18.2 Å². The Morgan fingerprint density at radius 2 is 1.83 bits per heavy atom. The summed E-state index contributed by atoms with van der Waals surface area (Å²) in [6.07, 6.45) is -2.67. The first kappa shape index (κ1) is 17.6. The number of carbonyl (C=O) groups is 1. The fourth-order valence-electron chi connectivity index (χ4n) is 1.78. The lowest BCUT2D eigenvalue weighted by Crippen LogP contribution is -2.26. The summed E-state index contributed by atoms with van der Waals surface area (Å²) in [5.74, 6) is -5.44. The van der Waals surface area contributed by atoms with E-state index in [4.69, 9.17) is 4.74 Å². The van der Waals surface area contributed by atoms with Crippen molar-refractivity contribution in [3.8, 4) is 5.88 Å². The van der Waals surface area contributed by atoms with Crippen LogP contribution >= 0.6 is 0 Å². The Morgan fingerprint density at radius 1 is 1.12 bits per heavy atom. The van der Waals surface area contributed by atoms with Crippen LogP contribution in [0.5, 0.6) is 5.88 Å². The second kappa shape index (κ2) is 7.71. The summed E-state index contributed by atoms with van der Waals surface area (Å²) in [7, 11) is 0. The second-order valence-corrected chi connectivity index (χ2v) is 4.57. The molecule has 1 amide bonds. The number of aromatic nitrogens is 1. The number of hydrogen-bond acceptors (Lipinski definition) is 3. The number of amides is 1. The quantitative estimate of drug-likeness (QED) is 0.646. The minimum atomic E-state index is -2.67. The Bertz CT molecular complexity index is 740. The first-order valence-electron chi connectivity index (χ1n) is 6.67. The summed E-state index contributed by atoms with van der Waals surface area (Å²) in [5, 5.41) is 2.16. The number of pyridine rings is 1. The fraction of sp³-hybridized carbons (Fsp3) is 0.200. The molecule has 0 spiro atoms. The number of ether oxygens (including phenoxy) is 1. The van der Waals surface area contributed by atoms with Gasteiger partial charge in [-0.15, -0.1) is 0 Å². The lowest BCUT2D eigenvalue weighted by atomic mass is 10.1. The number of carbonyl (C=O) groups excluding carboxylic acids is 1. The van der Waals surface area contributed by atoms with Crippen molar-refractivity contribution in [2.75, 3.05) is 6.61 Å². The molecule has 2 aromatic rings. The molecule has 1 heterocycles. The maximum atomic E-state index is 13.5. The van der Waals surface area contributed by atoms with E-state index in [0.717, 1.165) is 0 Å². The maximum absolute atomic E-state index is 13.5. The van der Waals surface area contributed by atoms with Gasteiger partial charge < -0.3 is 10.1 Å². The molecule has 4 nitrogen and oxygen atoms in total. The van der Waals surface area contributed by atoms with Crippen molar-refractivity contribution < 1.29 is 31.5 Å². The van der Waals surface area contributed by atoms with Crippen molar-refractivity contribution in [3.05, 3.63) is 59.0 Å². The van der Waals surface area contributed by atoms with Gasteiger partial charge in [-0.3, -0.25) is 4.79 Å². The van der Waals surface area contributed by atoms with Crippen molar-refractivity contribution in [3.63, 3.8) is 0 Å². The molecule has 0 bridgehead atoms. The number of benzene rings is 1. The molecule has 0 unspecified atom stereocenters. The smallest absolute Gasteiger partial charge is 0.272 e. The zero-order chi connectivity index (χ0) is 17.7. The normalized spacial score (nSPS) is 10.8. The van der Waals surface area contributed by atoms with Crippen LogP contribution in [-0.2, 0) is 6.54 Å². The Morgan fingerprint density at radius 3 is 2.54 bits per heavy atom. The molecule has 0 aliphatic carbocycles. The van der Waals surface area contributed by atoms with Crippen LogP contribution in [0.3, 0.4) is 0 Å². The van der Waals surface area contributed by atoms with E-state index in [-0.39, 0.29) is 18.1 Å². The predicted molar refractivity (Wildman–Crippen MR) is 73.2 cm³/mol. The van der Waals surface area contributed by atoms with Crippen molar-refractivity contribution in [1.82, 2.24) is 10.3 Å². The van der Waals surface area contributed by atoms with Gasteiger partial charge in [0.2, 0.25) is 5.88 Å². The molecular weight excluding hydrogens is 335 g/mol. The van der Waals surface area contributed by atoms with Gasteiger partial charge in [0.1, 0.15) is 11.4 Å². The maximum Gasteiger partial charge on any atom is 0.272 e. The highest BCUT2D eigenvalue weighted by Gasteiger charge is 2.20. The van der Waals surface area contributed by atoms with E-state index in [1.807, 2.05) is 0 Å². The topological polar surface area (TPSA) is 51.2 Å². The van der Waals surface area contributed by atoms with Crippen LogP contribution in [0, 0.1) is 17.5 Å². The van der Waals surface area contributed by atoms with Crippen LogP contribution in [0.15, 0.2) is 30.3 Å². The van der Waals surface area contributed by atoms with Gasteiger partial charge >= 0.3 is 0 Å². The van der Waals surface area contributed by atoms with Crippen LogP contribution in [-0.4, -0.2) is 23.9 Å². The molecule has 0 saturated carbocycles. The van der Waals surface area contributed by atoms with Gasteiger partial charge in [0.25, 0.3) is 12.3 Å². The minimum Gasteiger partial charge on any atom is -0.472 e. The molecule has 0 aliphatic rings. The average molecular weight is 346 g/mol. The molecule has 128 valence electrons. The highest BCUT2D eigenvalue weighted by atomic mass is 19.3. The molecule has 1 aromatic carbocycles. The van der Waals surface area contributed by atoms with Gasteiger partial charge in [0.05, 0.1) is 12.2 Å². The monoisotopic (exact) mass is 346 g/mol. The number of halogens is 5. The van der Waals surface area contributed by atoms with Crippen molar-refractivity contribution in [2.24, 2.45) is 0 Å². The average Bonchev–Trinajstić information content (AvgIpc) is 2.55. The summed E-state index contributed by atoms with van der Waals surface area (Å²) < 4.78 is 68.9. The van der Waals surface area contributed by atoms with E-state index in [2.05, 4.69) is 10.3 Å². The molecule has 0 radical (unpaired) electrons. The summed E-state index contributed by atoms with van der Waals surface area (Å²) >= 11 is 0. The third kappa shape index (κ3) is 4.40. The number of hydrogen-bond donors (Lipinski definition) is 1. The summed E-state index contributed by atoms with van der Waals surface area (Å²) in [6, 6.07) is 5.41. The van der Waals surface area contributed by atoms with Crippen LogP contribution in [0.4, 0.5) is 22.0 Å². The number of alkyl halides is 2. The third-order valence-electron chi connectivity index (χ3n) is 2.84. The van der Waals surface area contributed by atoms with Crippen molar-refractivity contribution >= 4 is 5.91 Å². The zero-order valence-electron chi connectivity index (χ0n) is 12.0. The van der Waals surface area contributed by atoms with Crippen LogP contribution < -0.4 is 10.1 Å². The highest BCUT2D eigenvalue weighted by molar-refractivity contribution is 5.94. The molecule has 1 N–H and O–H groups in total. The third-order valence-corrected chi connectivity index (χ3v) is 2.84. The number of nitrogens with zero attached hydrogens (tertiary/aromatic N) is 1. The van der Waals surface area contributed by atoms with Gasteiger partial charge in [0, 0.05) is 6.07 Å². The fourth-order valence-corrected chi connectivity index (χ4v) is 1.78. The molecule has 0 aliphatic heterocycles. The summed E-state index contributed by atoms with van der Waals surface area (Å²) in [5.41, 5.74) is -0.854. The standard InChI is InChI=1S/C15H11F5N2O2/c16-9-4-5-10(17)14(20)13(9)15(23)21-6-8-2-1-3-12(22-8)24-7-11(18)19/h1-5,11H,6-7H2,(H,21,23). The van der Waals surface area contributed by atoms with Gasteiger partial charge in [-0.25, -0.2) is 26.9 Å². The molecule has 1 aromatic heterocycles. The van der Waals surface area contributed by atoms with Crippen molar-refractivity contribution in [1.29, 1.82) is 0 Å². The summed E-state index contributed by atoms with van der Waals surface area (Å²) in [6.45, 7) is -1.11. The molecule has 0 atom stereocenters. The largest absolute Gasteiger partial charge is 0.472 e. The van der Waals surface area contributed by atoms with Gasteiger partial charge in [-0.05, 0) is 18.2 Å². The molecule has 0 saturated heterocycles. The Kier molecular flexibility index (Phi) is 5.67. The molecule has 2 rings (SSSR count). The minimum absolute atomic E-state index is 0.0924. The highest BCUT2D eigenvalue weighted by Crippen LogP contribution is 2.16. The van der Waals surface area contributed by atoms with E-state index < -0.39 is 42.0 Å². The van der Waals surface area contributed by atoms with E-state index in [9.17, 15) is 26.7 Å². The Hall–Kier alpha value is -2.71. The molecule has 9 heteroatoms. The molecule has 24 heavy (non-hydrogen) atoms. The first-order chi connectivity index (χ1) is 11.4. The van der Waals surface area contributed by atoms with E-state index in [1.54, 1.807) is 0 Å². The first-order valence-corrected chi connectivity index (χ1v) is 6.67. The predicted octanol–water partition coefficient (Wildman–Crippen LogP) is 3.07. The number of rotatable bonds is 6. The van der Waals surface area contributed by atoms with Gasteiger partial charge in [0.15, 0.2) is 18.2 Å². The second-order valence-electron chi connectivity index (χ2n) is 4.57.